The van der Waals surface area contributed by atoms with E-state index < -0.39 is 5.60 Å². The average molecular weight is 383 g/mol. The Labute approximate surface area is 166 Å². The van der Waals surface area contributed by atoms with Crippen molar-refractivity contribution >= 4 is 22.8 Å². The fourth-order valence-electron chi connectivity index (χ4n) is 4.35. The summed E-state index contributed by atoms with van der Waals surface area (Å²) in [5.74, 6) is 1.18. The van der Waals surface area contributed by atoms with Crippen LogP contribution in [0.5, 0.6) is 0 Å². The number of nitrogens with one attached hydrogen (secondary N) is 1. The second-order valence-corrected chi connectivity index (χ2v) is 8.95. The molecule has 6 heteroatoms. The highest BCUT2D eigenvalue weighted by Gasteiger charge is 2.32. The molecule has 1 aliphatic carbocycles. The summed E-state index contributed by atoms with van der Waals surface area (Å²) < 4.78 is 0. The van der Waals surface area contributed by atoms with Crippen molar-refractivity contribution in [3.05, 3.63) is 30.0 Å². The number of carbonyl (C=O) groups is 1. The lowest BCUT2D eigenvalue weighted by molar-refractivity contribution is -0.00257. The first-order chi connectivity index (χ1) is 13.3. The molecular formula is C22H30N4O2. The van der Waals surface area contributed by atoms with Gasteiger partial charge in [0.25, 0.3) is 5.91 Å². The minimum Gasteiger partial charge on any atom is -0.390 e. The van der Waals surface area contributed by atoms with Gasteiger partial charge in [0.05, 0.1) is 11.2 Å². The van der Waals surface area contributed by atoms with Crippen LogP contribution >= 0.6 is 0 Å². The van der Waals surface area contributed by atoms with E-state index >= 15 is 0 Å². The van der Waals surface area contributed by atoms with Crippen molar-refractivity contribution in [2.24, 2.45) is 5.92 Å². The van der Waals surface area contributed by atoms with E-state index in [0.717, 1.165) is 43.4 Å². The number of hydrogen-bond donors (Lipinski definition) is 2. The van der Waals surface area contributed by atoms with Crippen molar-refractivity contribution in [2.75, 3.05) is 11.4 Å². The van der Waals surface area contributed by atoms with E-state index in [0.29, 0.717) is 23.2 Å². The van der Waals surface area contributed by atoms with Crippen LogP contribution in [0.1, 0.15) is 63.2 Å². The molecule has 0 spiro atoms. The molecule has 6 nitrogen and oxygen atoms in total. The zero-order chi connectivity index (χ0) is 19.9. The number of fused-ring (bicyclic) bond motifs is 1. The second kappa shape index (κ2) is 7.32. The normalized spacial score (nSPS) is 25.4. The molecule has 2 aromatic rings. The van der Waals surface area contributed by atoms with Crippen LogP contribution in [0.2, 0.25) is 0 Å². The van der Waals surface area contributed by atoms with Gasteiger partial charge in [-0.2, -0.15) is 0 Å². The van der Waals surface area contributed by atoms with E-state index in [4.69, 9.17) is 0 Å². The average Bonchev–Trinajstić information content (AvgIpc) is 2.66. The third-order valence-electron chi connectivity index (χ3n) is 6.47. The third-order valence-corrected chi connectivity index (χ3v) is 6.47. The molecule has 1 saturated carbocycles. The predicted octanol–water partition coefficient (Wildman–Crippen LogP) is 3.29. The highest BCUT2D eigenvalue weighted by molar-refractivity contribution is 5.97. The van der Waals surface area contributed by atoms with Crippen LogP contribution in [-0.4, -0.2) is 45.2 Å². The number of carbonyl (C=O) groups excluding carboxylic acids is 1. The highest BCUT2D eigenvalue weighted by atomic mass is 16.3. The van der Waals surface area contributed by atoms with Gasteiger partial charge in [0.2, 0.25) is 0 Å². The summed E-state index contributed by atoms with van der Waals surface area (Å²) in [5.41, 5.74) is 0.611. The Bertz CT molecular complexity index is 868. The molecule has 2 aromatic heterocycles. The van der Waals surface area contributed by atoms with Crippen molar-refractivity contribution in [1.29, 1.82) is 0 Å². The lowest BCUT2D eigenvalue weighted by Gasteiger charge is -2.39. The van der Waals surface area contributed by atoms with E-state index in [1.54, 1.807) is 6.20 Å². The Morgan fingerprint density at radius 1 is 1.21 bits per heavy atom. The van der Waals surface area contributed by atoms with Gasteiger partial charge in [0, 0.05) is 30.2 Å². The molecule has 2 N–H and O–H groups in total. The Balaban J connectivity index is 1.41. The third kappa shape index (κ3) is 3.83. The molecule has 4 rings (SSSR count). The number of anilines is 1. The second-order valence-electron chi connectivity index (χ2n) is 8.95. The zero-order valence-corrected chi connectivity index (χ0v) is 17.0. The molecule has 0 bridgehead atoms. The highest BCUT2D eigenvalue weighted by Crippen LogP contribution is 2.32. The van der Waals surface area contributed by atoms with Gasteiger partial charge >= 0.3 is 0 Å². The van der Waals surface area contributed by atoms with Gasteiger partial charge in [-0.05, 0) is 77.0 Å². The molecule has 0 unspecified atom stereocenters. The minimum atomic E-state index is -0.642. The lowest BCUT2D eigenvalue weighted by Crippen LogP contribution is -2.46. The van der Waals surface area contributed by atoms with Gasteiger partial charge < -0.3 is 15.3 Å². The van der Waals surface area contributed by atoms with Gasteiger partial charge in [-0.1, -0.05) is 0 Å². The first kappa shape index (κ1) is 19.1. The maximum Gasteiger partial charge on any atom is 0.253 e. The van der Waals surface area contributed by atoms with Gasteiger partial charge in [-0.3, -0.25) is 4.79 Å². The fraction of sp³-hybridized carbons (Fsp3) is 0.591. The van der Waals surface area contributed by atoms with Crippen LogP contribution in [0, 0.1) is 5.92 Å². The Morgan fingerprint density at radius 3 is 2.57 bits per heavy atom. The number of rotatable bonds is 4. The zero-order valence-electron chi connectivity index (χ0n) is 17.0. The van der Waals surface area contributed by atoms with E-state index in [-0.39, 0.29) is 11.9 Å². The standard InChI is InChI=1S/C22H30N4O2/c1-14-10-11-26(14)19-9-4-15-12-16(13-23-20(15)25-19)21(27)24-18-7-5-17(6-8-18)22(2,3)28/h4,9,12-14,17-18,28H,5-8,10-11H2,1-3H3,(H,24,27)/t14-,17?,18?/m1/s1. The molecule has 0 radical (unpaired) electrons. The van der Waals surface area contributed by atoms with Crippen LogP contribution in [0.15, 0.2) is 24.4 Å². The summed E-state index contributed by atoms with van der Waals surface area (Å²) in [6.45, 7) is 6.99. The molecule has 1 amide bonds. The van der Waals surface area contributed by atoms with E-state index in [9.17, 15) is 9.90 Å². The number of amides is 1. The SMILES string of the molecule is C[C@@H]1CCN1c1ccc2cc(C(=O)NC3CCC(C(C)(C)O)CC3)cnc2n1. The largest absolute Gasteiger partial charge is 0.390 e. The monoisotopic (exact) mass is 382 g/mol. The van der Waals surface area contributed by atoms with Crippen LogP contribution in [0.4, 0.5) is 5.82 Å². The molecule has 1 aliphatic heterocycles. The summed E-state index contributed by atoms with van der Waals surface area (Å²) in [7, 11) is 0. The quantitative estimate of drug-likeness (QED) is 0.848. The lowest BCUT2D eigenvalue weighted by atomic mass is 9.77. The van der Waals surface area contributed by atoms with Gasteiger partial charge in [-0.15, -0.1) is 0 Å². The predicted molar refractivity (Wildman–Crippen MR) is 110 cm³/mol. The minimum absolute atomic E-state index is 0.0819. The Hall–Kier alpha value is -2.21. The van der Waals surface area contributed by atoms with Gasteiger partial charge in [0.15, 0.2) is 5.65 Å². The molecule has 0 aromatic carbocycles. The Kier molecular flexibility index (Phi) is 5.00. The summed E-state index contributed by atoms with van der Waals surface area (Å²) in [6, 6.07) is 6.58. The van der Waals surface area contributed by atoms with Crippen molar-refractivity contribution < 1.29 is 9.90 Å². The van der Waals surface area contributed by atoms with Crippen molar-refractivity contribution in [3.8, 4) is 0 Å². The number of nitrogens with zero attached hydrogens (tertiary/aromatic N) is 3. The van der Waals surface area contributed by atoms with Crippen LogP contribution in [-0.2, 0) is 0 Å². The summed E-state index contributed by atoms with van der Waals surface area (Å²) in [6.07, 6.45) is 6.50. The molecule has 2 fully saturated rings. The maximum atomic E-state index is 12.7. The number of aromatic nitrogens is 2. The smallest absolute Gasteiger partial charge is 0.253 e. The van der Waals surface area contributed by atoms with Crippen LogP contribution < -0.4 is 10.2 Å². The molecule has 2 aliphatic rings. The van der Waals surface area contributed by atoms with Gasteiger partial charge in [-0.25, -0.2) is 9.97 Å². The first-order valence-electron chi connectivity index (χ1n) is 10.4. The topological polar surface area (TPSA) is 78.4 Å². The molecular weight excluding hydrogens is 352 g/mol. The molecule has 28 heavy (non-hydrogen) atoms. The summed E-state index contributed by atoms with van der Waals surface area (Å²) in [5, 5.41) is 14.2. The Morgan fingerprint density at radius 2 is 1.96 bits per heavy atom. The van der Waals surface area contributed by atoms with Gasteiger partial charge in [0.1, 0.15) is 5.82 Å². The summed E-state index contributed by atoms with van der Waals surface area (Å²) in [4.78, 5) is 24.0. The van der Waals surface area contributed by atoms with Crippen LogP contribution in [0.25, 0.3) is 11.0 Å². The van der Waals surface area contributed by atoms with E-state index in [1.807, 2.05) is 32.0 Å². The van der Waals surface area contributed by atoms with Crippen molar-refractivity contribution in [1.82, 2.24) is 15.3 Å². The molecule has 1 atom stereocenters. The number of aliphatic hydroxyl groups is 1. The number of hydrogen-bond acceptors (Lipinski definition) is 5. The first-order valence-corrected chi connectivity index (χ1v) is 10.4. The maximum absolute atomic E-state index is 12.7. The number of pyridine rings is 2. The van der Waals surface area contributed by atoms with Crippen molar-refractivity contribution in [3.63, 3.8) is 0 Å². The van der Waals surface area contributed by atoms with E-state index in [2.05, 4.69) is 27.1 Å². The van der Waals surface area contributed by atoms with Crippen molar-refractivity contribution in [2.45, 2.75) is 70.6 Å². The summed E-state index contributed by atoms with van der Waals surface area (Å²) >= 11 is 0. The van der Waals surface area contributed by atoms with Crippen LogP contribution in [0.3, 0.4) is 0 Å². The van der Waals surface area contributed by atoms with E-state index in [1.165, 1.54) is 6.42 Å². The molecule has 150 valence electrons. The fourth-order valence-corrected chi connectivity index (χ4v) is 4.35. The molecule has 1 saturated heterocycles. The molecule has 3 heterocycles.